The summed E-state index contributed by atoms with van der Waals surface area (Å²) in [6.45, 7) is 3.24. The van der Waals surface area contributed by atoms with Crippen LogP contribution in [0.1, 0.15) is 25.7 Å². The maximum absolute atomic E-state index is 6.51. The van der Waals surface area contributed by atoms with Crippen molar-refractivity contribution < 1.29 is 14.2 Å². The van der Waals surface area contributed by atoms with Crippen molar-refractivity contribution in [1.29, 1.82) is 0 Å². The van der Waals surface area contributed by atoms with Crippen LogP contribution in [0.3, 0.4) is 0 Å². The van der Waals surface area contributed by atoms with Gasteiger partial charge in [0.2, 0.25) is 0 Å². The van der Waals surface area contributed by atoms with Crippen molar-refractivity contribution in [3.05, 3.63) is 43.0 Å². The molecule has 2 fully saturated rings. The second kappa shape index (κ2) is 9.56. The van der Waals surface area contributed by atoms with Crippen LogP contribution in [0.15, 0.2) is 43.0 Å². The molecule has 3 aromatic rings. The summed E-state index contributed by atoms with van der Waals surface area (Å²) in [5, 5.41) is 3.58. The van der Waals surface area contributed by atoms with Crippen molar-refractivity contribution >= 4 is 22.4 Å². The molecule has 0 radical (unpaired) electrons. The summed E-state index contributed by atoms with van der Waals surface area (Å²) in [5.41, 5.74) is 3.81. The van der Waals surface area contributed by atoms with E-state index in [0.717, 1.165) is 85.9 Å². The van der Waals surface area contributed by atoms with Crippen LogP contribution in [0, 0.1) is 0 Å². The minimum atomic E-state index is 0.168. The number of hydrogen-bond acceptors (Lipinski definition) is 8. The molecule has 0 spiro atoms. The van der Waals surface area contributed by atoms with Crippen LogP contribution in [-0.2, 0) is 4.74 Å². The average Bonchev–Trinajstić information content (AvgIpc) is 2.86. The molecule has 0 amide bonds. The van der Waals surface area contributed by atoms with Crippen molar-refractivity contribution in [3.8, 4) is 11.5 Å². The van der Waals surface area contributed by atoms with Crippen LogP contribution in [0.4, 0.5) is 11.4 Å². The van der Waals surface area contributed by atoms with Crippen molar-refractivity contribution in [2.75, 3.05) is 43.6 Å². The fourth-order valence-corrected chi connectivity index (χ4v) is 4.47. The molecule has 2 aliphatic rings. The lowest BCUT2D eigenvalue weighted by atomic mass is 9.92. The molecule has 8 heteroatoms. The van der Waals surface area contributed by atoms with Gasteiger partial charge < -0.3 is 24.4 Å². The lowest BCUT2D eigenvalue weighted by Gasteiger charge is -2.31. The molecular formula is C24H29N5O3. The van der Waals surface area contributed by atoms with Gasteiger partial charge in [0.1, 0.15) is 17.0 Å². The van der Waals surface area contributed by atoms with E-state index in [1.807, 2.05) is 12.3 Å². The molecule has 32 heavy (non-hydrogen) atoms. The number of methoxy groups -OCH3 is 1. The van der Waals surface area contributed by atoms with Crippen LogP contribution >= 0.6 is 0 Å². The number of nitrogens with zero attached hydrogens (tertiary/aromatic N) is 4. The Morgan fingerprint density at radius 2 is 1.81 bits per heavy atom. The molecule has 2 aromatic heterocycles. The Morgan fingerprint density at radius 3 is 2.62 bits per heavy atom. The number of aromatic nitrogens is 3. The number of morpholine rings is 1. The molecule has 5 rings (SSSR count). The number of anilines is 2. The van der Waals surface area contributed by atoms with Crippen molar-refractivity contribution in [3.63, 3.8) is 0 Å². The number of pyridine rings is 1. The summed E-state index contributed by atoms with van der Waals surface area (Å²) < 4.78 is 17.3. The van der Waals surface area contributed by atoms with Gasteiger partial charge in [0, 0.05) is 49.3 Å². The molecule has 1 aliphatic heterocycles. The van der Waals surface area contributed by atoms with Crippen LogP contribution in [0.2, 0.25) is 0 Å². The number of benzene rings is 1. The van der Waals surface area contributed by atoms with Gasteiger partial charge in [0.05, 0.1) is 50.0 Å². The van der Waals surface area contributed by atoms with E-state index in [4.69, 9.17) is 14.2 Å². The molecule has 0 unspecified atom stereocenters. The van der Waals surface area contributed by atoms with E-state index >= 15 is 0 Å². The van der Waals surface area contributed by atoms with Gasteiger partial charge in [-0.2, -0.15) is 0 Å². The highest BCUT2D eigenvalue weighted by Crippen LogP contribution is 2.33. The monoisotopic (exact) mass is 435 g/mol. The standard InChI is InChI=1S/C24H29N5O3/c1-30-21-12-18(15-25-16-21)28-17-2-4-20(5-3-17)32-23-14-19(29-8-10-31-11-9-29)13-22-24(23)27-7-6-26-22/h6-7,12-17,20,28H,2-5,8-11H2,1H3/t17-,20+. The number of hydrogen-bond donors (Lipinski definition) is 1. The van der Waals surface area contributed by atoms with E-state index in [-0.39, 0.29) is 6.10 Å². The molecule has 1 saturated heterocycles. The minimum absolute atomic E-state index is 0.168. The number of rotatable bonds is 6. The zero-order valence-corrected chi connectivity index (χ0v) is 18.4. The van der Waals surface area contributed by atoms with E-state index in [1.165, 1.54) is 0 Å². The average molecular weight is 436 g/mol. The van der Waals surface area contributed by atoms with E-state index < -0.39 is 0 Å². The van der Waals surface area contributed by atoms with E-state index in [9.17, 15) is 0 Å². The second-order valence-corrected chi connectivity index (χ2v) is 8.32. The van der Waals surface area contributed by atoms with Gasteiger partial charge in [-0.05, 0) is 31.7 Å². The van der Waals surface area contributed by atoms with Gasteiger partial charge in [-0.15, -0.1) is 0 Å². The maximum Gasteiger partial charge on any atom is 0.149 e. The quantitative estimate of drug-likeness (QED) is 0.628. The molecule has 1 aliphatic carbocycles. The number of nitrogens with one attached hydrogen (secondary N) is 1. The molecule has 1 N–H and O–H groups in total. The van der Waals surface area contributed by atoms with E-state index in [0.29, 0.717) is 6.04 Å². The summed E-state index contributed by atoms with van der Waals surface area (Å²) in [6.07, 6.45) is 11.2. The molecule has 0 atom stereocenters. The number of ether oxygens (including phenoxy) is 3. The van der Waals surface area contributed by atoms with Crippen LogP contribution < -0.4 is 19.7 Å². The first kappa shape index (κ1) is 20.8. The second-order valence-electron chi connectivity index (χ2n) is 8.32. The van der Waals surface area contributed by atoms with Crippen molar-refractivity contribution in [1.82, 2.24) is 15.0 Å². The molecular weight excluding hydrogens is 406 g/mol. The predicted molar refractivity (Wildman–Crippen MR) is 124 cm³/mol. The first-order chi connectivity index (χ1) is 15.8. The normalized spacial score (nSPS) is 21.3. The molecule has 8 nitrogen and oxygen atoms in total. The van der Waals surface area contributed by atoms with Crippen LogP contribution in [0.5, 0.6) is 11.5 Å². The van der Waals surface area contributed by atoms with Gasteiger partial charge >= 0.3 is 0 Å². The Morgan fingerprint density at radius 1 is 1.00 bits per heavy atom. The maximum atomic E-state index is 6.51. The lowest BCUT2D eigenvalue weighted by Crippen LogP contribution is -2.36. The smallest absolute Gasteiger partial charge is 0.149 e. The van der Waals surface area contributed by atoms with Crippen molar-refractivity contribution in [2.45, 2.75) is 37.8 Å². The Kier molecular flexibility index (Phi) is 6.20. The summed E-state index contributed by atoms with van der Waals surface area (Å²) >= 11 is 0. The Balaban J connectivity index is 1.26. The molecule has 0 bridgehead atoms. The highest BCUT2D eigenvalue weighted by molar-refractivity contribution is 5.85. The lowest BCUT2D eigenvalue weighted by molar-refractivity contribution is 0.122. The molecule has 168 valence electrons. The third kappa shape index (κ3) is 4.70. The van der Waals surface area contributed by atoms with E-state index in [1.54, 1.807) is 25.7 Å². The van der Waals surface area contributed by atoms with E-state index in [2.05, 4.69) is 37.3 Å². The summed E-state index contributed by atoms with van der Waals surface area (Å²) in [5.74, 6) is 1.59. The molecule has 1 saturated carbocycles. The summed E-state index contributed by atoms with van der Waals surface area (Å²) in [4.78, 5) is 15.7. The first-order valence-corrected chi connectivity index (χ1v) is 11.3. The third-order valence-electron chi connectivity index (χ3n) is 6.19. The highest BCUT2D eigenvalue weighted by atomic mass is 16.5. The Hall–Kier alpha value is -3.13. The fraction of sp³-hybridized carbons (Fsp3) is 0.458. The Labute approximate surface area is 187 Å². The van der Waals surface area contributed by atoms with Gasteiger partial charge in [-0.3, -0.25) is 9.97 Å². The third-order valence-corrected chi connectivity index (χ3v) is 6.19. The first-order valence-electron chi connectivity index (χ1n) is 11.3. The minimum Gasteiger partial charge on any atom is -0.495 e. The predicted octanol–water partition coefficient (Wildman–Crippen LogP) is 3.67. The van der Waals surface area contributed by atoms with Crippen LogP contribution in [0.25, 0.3) is 11.0 Å². The molecule has 1 aromatic carbocycles. The largest absolute Gasteiger partial charge is 0.495 e. The zero-order valence-electron chi connectivity index (χ0n) is 18.4. The van der Waals surface area contributed by atoms with Gasteiger partial charge in [0.15, 0.2) is 0 Å². The summed E-state index contributed by atoms with van der Waals surface area (Å²) in [7, 11) is 1.66. The van der Waals surface area contributed by atoms with Gasteiger partial charge in [-0.25, -0.2) is 4.98 Å². The molecule has 3 heterocycles. The number of fused-ring (bicyclic) bond motifs is 1. The SMILES string of the molecule is COc1cncc(N[C@H]2CC[C@@H](Oc3cc(N4CCOCC4)cc4nccnc34)CC2)c1. The topological polar surface area (TPSA) is 81.6 Å². The fourth-order valence-electron chi connectivity index (χ4n) is 4.47. The highest BCUT2D eigenvalue weighted by Gasteiger charge is 2.24. The summed E-state index contributed by atoms with van der Waals surface area (Å²) in [6, 6.07) is 6.61. The van der Waals surface area contributed by atoms with Gasteiger partial charge in [0.25, 0.3) is 0 Å². The zero-order chi connectivity index (χ0) is 21.8. The van der Waals surface area contributed by atoms with Gasteiger partial charge in [-0.1, -0.05) is 0 Å². The van der Waals surface area contributed by atoms with Crippen molar-refractivity contribution in [2.24, 2.45) is 0 Å². The van der Waals surface area contributed by atoms with Crippen LogP contribution in [-0.4, -0.2) is 60.5 Å². The Bertz CT molecular complexity index is 1050.